The van der Waals surface area contributed by atoms with Crippen molar-refractivity contribution in [3.63, 3.8) is 0 Å². The molecule has 0 fully saturated rings. The van der Waals surface area contributed by atoms with Crippen LogP contribution in [-0.2, 0) is 0 Å². The van der Waals surface area contributed by atoms with Gasteiger partial charge in [0.05, 0.1) is 0 Å². The number of nitrogens with zero attached hydrogens (tertiary/aromatic N) is 2. The Hall–Kier alpha value is -3.46. The summed E-state index contributed by atoms with van der Waals surface area (Å²) in [7, 11) is 4.47. The average molecular weight is 412 g/mol. The zero-order valence-electron chi connectivity index (χ0n) is 18.5. The van der Waals surface area contributed by atoms with Gasteiger partial charge in [-0.15, -0.1) is 0 Å². The van der Waals surface area contributed by atoms with Crippen molar-refractivity contribution >= 4 is 45.5 Å². The first kappa shape index (κ1) is 18.1. The van der Waals surface area contributed by atoms with Gasteiger partial charge in [0.15, 0.2) is 0 Å². The van der Waals surface area contributed by atoms with E-state index in [9.17, 15) is 0 Å². The molecule has 3 heteroatoms. The van der Waals surface area contributed by atoms with Crippen molar-refractivity contribution in [1.29, 1.82) is 0 Å². The first-order valence-corrected chi connectivity index (χ1v) is 11.6. The van der Waals surface area contributed by atoms with Gasteiger partial charge in [-0.2, -0.15) is 0 Å². The second-order valence-corrected chi connectivity index (χ2v) is 9.41. The van der Waals surface area contributed by atoms with E-state index < -0.39 is 0 Å². The summed E-state index contributed by atoms with van der Waals surface area (Å²) in [4.78, 5) is 4.83. The number of allylic oxidation sites excluding steroid dienone is 7. The summed E-state index contributed by atoms with van der Waals surface area (Å²) in [5.41, 5.74) is 9.90. The minimum atomic E-state index is 0.280. The highest BCUT2D eigenvalue weighted by molar-refractivity contribution is 6.96. The van der Waals surface area contributed by atoms with Crippen molar-refractivity contribution in [2.45, 2.75) is 6.42 Å². The van der Waals surface area contributed by atoms with Crippen molar-refractivity contribution < 1.29 is 0 Å². The molecule has 0 spiro atoms. The van der Waals surface area contributed by atoms with E-state index in [1.165, 1.54) is 44.5 Å². The Morgan fingerprint density at radius 1 is 0.781 bits per heavy atom. The van der Waals surface area contributed by atoms with Gasteiger partial charge in [0, 0.05) is 42.8 Å². The van der Waals surface area contributed by atoms with Gasteiger partial charge >= 0.3 is 0 Å². The third-order valence-corrected chi connectivity index (χ3v) is 7.95. The molecule has 0 saturated carbocycles. The van der Waals surface area contributed by atoms with Crippen molar-refractivity contribution in [3.8, 4) is 0 Å². The van der Waals surface area contributed by atoms with Gasteiger partial charge in [0.2, 0.25) is 6.71 Å². The van der Waals surface area contributed by atoms with Gasteiger partial charge in [-0.05, 0) is 58.3 Å². The summed E-state index contributed by atoms with van der Waals surface area (Å²) >= 11 is 0. The second-order valence-electron chi connectivity index (χ2n) is 9.41. The Labute approximate surface area is 189 Å². The van der Waals surface area contributed by atoms with Crippen molar-refractivity contribution in [2.24, 2.45) is 11.8 Å². The maximum Gasteiger partial charge on any atom is 0.248 e. The van der Waals surface area contributed by atoms with E-state index in [2.05, 4.69) is 115 Å². The predicted octanol–water partition coefficient (Wildman–Crippen LogP) is 5.09. The van der Waals surface area contributed by atoms with Crippen LogP contribution in [0.3, 0.4) is 0 Å². The fourth-order valence-corrected chi connectivity index (χ4v) is 6.49. The zero-order valence-corrected chi connectivity index (χ0v) is 18.5. The molecule has 2 nitrogen and oxygen atoms in total. The maximum absolute atomic E-state index is 2.43. The summed E-state index contributed by atoms with van der Waals surface area (Å²) in [5, 5.41) is 2.70. The zero-order chi connectivity index (χ0) is 21.4. The largest absolute Gasteiger partial charge is 0.346 e. The Bertz CT molecular complexity index is 1410. The average Bonchev–Trinajstić information content (AvgIpc) is 3.09. The molecule has 0 saturated heterocycles. The molecule has 2 aliphatic heterocycles. The molecule has 2 aliphatic carbocycles. The van der Waals surface area contributed by atoms with Gasteiger partial charge in [-0.25, -0.2) is 0 Å². The topological polar surface area (TPSA) is 6.48 Å². The molecule has 2 heterocycles. The molecule has 32 heavy (non-hydrogen) atoms. The molecule has 154 valence electrons. The number of fused-ring (bicyclic) bond motifs is 7. The first-order chi connectivity index (χ1) is 15.7. The highest BCUT2D eigenvalue weighted by Gasteiger charge is 2.46. The lowest BCUT2D eigenvalue weighted by molar-refractivity contribution is 0.542. The maximum atomic E-state index is 2.43. The van der Waals surface area contributed by atoms with E-state index in [1.54, 1.807) is 5.47 Å². The molecule has 2 atom stereocenters. The van der Waals surface area contributed by atoms with Crippen molar-refractivity contribution in [3.05, 3.63) is 102 Å². The predicted molar refractivity (Wildman–Crippen MR) is 138 cm³/mol. The molecule has 0 bridgehead atoms. The molecule has 4 aliphatic rings. The number of anilines is 3. The van der Waals surface area contributed by atoms with Crippen LogP contribution < -0.4 is 20.7 Å². The normalized spacial score (nSPS) is 22.5. The van der Waals surface area contributed by atoms with Gasteiger partial charge in [0.1, 0.15) is 0 Å². The lowest BCUT2D eigenvalue weighted by atomic mass is 9.30. The van der Waals surface area contributed by atoms with Crippen LogP contribution in [0.25, 0.3) is 10.8 Å². The smallest absolute Gasteiger partial charge is 0.248 e. The van der Waals surface area contributed by atoms with Crippen LogP contribution in [0.5, 0.6) is 0 Å². The summed E-state index contributed by atoms with van der Waals surface area (Å²) < 4.78 is 0. The Kier molecular flexibility index (Phi) is 3.70. The van der Waals surface area contributed by atoms with Crippen LogP contribution in [0.4, 0.5) is 17.1 Å². The first-order valence-electron chi connectivity index (χ1n) is 11.6. The Balaban J connectivity index is 1.60. The van der Waals surface area contributed by atoms with Crippen LogP contribution >= 0.6 is 0 Å². The highest BCUT2D eigenvalue weighted by Crippen LogP contribution is 2.45. The lowest BCUT2D eigenvalue weighted by Crippen LogP contribution is -2.58. The lowest BCUT2D eigenvalue weighted by Gasteiger charge is -2.46. The molecule has 0 radical (unpaired) electrons. The number of hydrogen-bond acceptors (Lipinski definition) is 2. The highest BCUT2D eigenvalue weighted by atomic mass is 15.1. The van der Waals surface area contributed by atoms with Crippen LogP contribution in [0.1, 0.15) is 6.42 Å². The minimum Gasteiger partial charge on any atom is -0.346 e. The molecule has 2 unspecified atom stereocenters. The summed E-state index contributed by atoms with van der Waals surface area (Å²) in [6, 6.07) is 20.3. The minimum absolute atomic E-state index is 0.280. The van der Waals surface area contributed by atoms with Crippen LogP contribution in [0, 0.1) is 11.8 Å². The van der Waals surface area contributed by atoms with Gasteiger partial charge in [-0.1, -0.05) is 72.3 Å². The van der Waals surface area contributed by atoms with E-state index in [-0.39, 0.29) is 6.71 Å². The number of rotatable bonds is 0. The van der Waals surface area contributed by atoms with Crippen LogP contribution in [0.2, 0.25) is 0 Å². The number of hydrogen-bond donors (Lipinski definition) is 0. The molecular weight excluding hydrogens is 387 g/mol. The fourth-order valence-electron chi connectivity index (χ4n) is 6.49. The molecule has 0 amide bonds. The summed E-state index contributed by atoms with van der Waals surface area (Å²) in [6.07, 6.45) is 15.1. The van der Waals surface area contributed by atoms with E-state index >= 15 is 0 Å². The molecule has 3 aromatic carbocycles. The van der Waals surface area contributed by atoms with E-state index in [0.717, 1.165) is 6.42 Å². The van der Waals surface area contributed by atoms with E-state index in [4.69, 9.17) is 0 Å². The molecule has 7 rings (SSSR count). The summed E-state index contributed by atoms with van der Waals surface area (Å²) in [5.74, 6) is 0.929. The SMILES string of the molecule is CN1C2=C(B3c4c1cccc4N(C)c1ccc4ccccc4c13)C1CC=CC=CC1C=C2. The number of benzene rings is 3. The third-order valence-electron chi connectivity index (χ3n) is 7.95. The molecule has 0 N–H and O–H groups in total. The second kappa shape index (κ2) is 6.52. The Morgan fingerprint density at radius 2 is 1.59 bits per heavy atom. The molecule has 3 aromatic rings. The van der Waals surface area contributed by atoms with Crippen molar-refractivity contribution in [1.82, 2.24) is 0 Å². The summed E-state index contributed by atoms with van der Waals surface area (Å²) in [6.45, 7) is 0.280. The van der Waals surface area contributed by atoms with Gasteiger partial charge < -0.3 is 9.80 Å². The van der Waals surface area contributed by atoms with E-state index in [1.807, 2.05) is 0 Å². The van der Waals surface area contributed by atoms with Crippen LogP contribution in [-0.4, -0.2) is 20.8 Å². The third kappa shape index (κ3) is 2.26. The van der Waals surface area contributed by atoms with Crippen LogP contribution in [0.15, 0.2) is 102 Å². The standard InChI is InChI=1S/C29H25BN2/c1-31-23-13-8-14-24-29(23)30(27-21-11-5-3-4-9-19(21)15-17-25(27)31)28-22-12-7-6-10-20(22)16-18-26(28)32(24)2/h3-10,12-19,21H,11H2,1-2H3. The quantitative estimate of drug-likeness (QED) is 0.475. The van der Waals surface area contributed by atoms with Gasteiger partial charge in [0.25, 0.3) is 0 Å². The van der Waals surface area contributed by atoms with Crippen molar-refractivity contribution in [2.75, 3.05) is 23.9 Å². The molecule has 0 aromatic heterocycles. The monoisotopic (exact) mass is 412 g/mol. The molecular formula is C29H25BN2. The Morgan fingerprint density at radius 3 is 2.50 bits per heavy atom. The van der Waals surface area contributed by atoms with E-state index in [0.29, 0.717) is 11.8 Å². The van der Waals surface area contributed by atoms with Gasteiger partial charge in [-0.3, -0.25) is 0 Å². The number of likely N-dealkylation sites (N-methyl/N-ethyl adjacent to an activating group) is 1. The fraction of sp³-hybridized carbons (Fsp3) is 0.172.